The summed E-state index contributed by atoms with van der Waals surface area (Å²) in [5.41, 5.74) is 0.258. The van der Waals surface area contributed by atoms with Crippen LogP contribution in [0.5, 0.6) is 5.75 Å². The van der Waals surface area contributed by atoms with Crippen molar-refractivity contribution in [2.24, 2.45) is 11.8 Å². The largest absolute Gasteiger partial charge is 0.495 e. The molecule has 27 heavy (non-hydrogen) atoms. The fraction of sp³-hybridized carbons (Fsp3) is 0.438. The first-order valence-corrected chi connectivity index (χ1v) is 7.70. The number of alkyl halides is 3. The number of aliphatic carboxylic acids is 1. The van der Waals surface area contributed by atoms with Gasteiger partial charge >= 0.3 is 24.1 Å². The highest BCUT2D eigenvalue weighted by molar-refractivity contribution is 5.94. The van der Waals surface area contributed by atoms with Crippen molar-refractivity contribution in [3.05, 3.63) is 23.8 Å². The first kappa shape index (κ1) is 20.3. The lowest BCUT2D eigenvalue weighted by Gasteiger charge is -2.19. The maximum Gasteiger partial charge on any atom is 0.394 e. The second-order valence-electron chi connectivity index (χ2n) is 5.83. The van der Waals surface area contributed by atoms with Gasteiger partial charge < -0.3 is 24.8 Å². The normalized spacial score (nSPS) is 19.5. The average molecular weight is 390 g/mol. The molecule has 1 aromatic carbocycles. The van der Waals surface area contributed by atoms with Crippen LogP contribution in [-0.4, -0.2) is 61.5 Å². The number of carbonyl (C=O) groups is 3. The number of amides is 2. The van der Waals surface area contributed by atoms with Crippen LogP contribution in [0.3, 0.4) is 0 Å². The highest BCUT2D eigenvalue weighted by Crippen LogP contribution is 2.38. The lowest BCUT2D eigenvalue weighted by molar-refractivity contribution is -0.187. The molecule has 1 aromatic rings. The summed E-state index contributed by atoms with van der Waals surface area (Å²) >= 11 is 0. The number of benzene rings is 1. The van der Waals surface area contributed by atoms with Gasteiger partial charge in [0.05, 0.1) is 37.3 Å². The van der Waals surface area contributed by atoms with Crippen LogP contribution in [0.25, 0.3) is 0 Å². The van der Waals surface area contributed by atoms with Crippen molar-refractivity contribution in [1.29, 1.82) is 0 Å². The number of hydrogen-bond donors (Lipinski definition) is 2. The van der Waals surface area contributed by atoms with E-state index in [0.717, 1.165) is 4.90 Å². The molecule has 2 amide bonds. The number of hydrogen-bond acceptors (Lipinski definition) is 5. The van der Waals surface area contributed by atoms with Crippen molar-refractivity contribution in [3.8, 4) is 5.75 Å². The Kier molecular flexibility index (Phi) is 5.82. The molecule has 2 atom stereocenters. The van der Waals surface area contributed by atoms with Crippen LogP contribution in [0.4, 0.5) is 23.7 Å². The molecule has 8 nitrogen and oxygen atoms in total. The van der Waals surface area contributed by atoms with Gasteiger partial charge in [0, 0.05) is 13.1 Å². The smallest absolute Gasteiger partial charge is 0.394 e. The topological polar surface area (TPSA) is 105 Å². The molecule has 0 aromatic heterocycles. The highest BCUT2D eigenvalue weighted by Gasteiger charge is 2.53. The van der Waals surface area contributed by atoms with E-state index in [4.69, 9.17) is 9.84 Å². The number of esters is 1. The Morgan fingerprint density at radius 1 is 1.22 bits per heavy atom. The quantitative estimate of drug-likeness (QED) is 0.764. The molecule has 0 spiro atoms. The summed E-state index contributed by atoms with van der Waals surface area (Å²) in [6.07, 6.45) is -4.74. The zero-order chi connectivity index (χ0) is 20.4. The van der Waals surface area contributed by atoms with Gasteiger partial charge in [0.15, 0.2) is 0 Å². The third kappa shape index (κ3) is 4.41. The van der Waals surface area contributed by atoms with E-state index >= 15 is 0 Å². The van der Waals surface area contributed by atoms with Crippen LogP contribution < -0.4 is 10.1 Å². The number of carboxylic acids is 1. The number of rotatable bonds is 4. The minimum atomic E-state index is -4.74. The molecule has 1 aliphatic rings. The predicted octanol–water partition coefficient (Wildman–Crippen LogP) is 2.21. The van der Waals surface area contributed by atoms with Crippen LogP contribution in [0.1, 0.15) is 10.4 Å². The van der Waals surface area contributed by atoms with Gasteiger partial charge in [0.1, 0.15) is 5.75 Å². The molecule has 0 radical (unpaired) electrons. The molecular formula is C16H17F3N2O6. The zero-order valence-electron chi connectivity index (χ0n) is 14.4. The van der Waals surface area contributed by atoms with Crippen LogP contribution in [0, 0.1) is 11.8 Å². The van der Waals surface area contributed by atoms with Crippen molar-refractivity contribution in [1.82, 2.24) is 4.90 Å². The van der Waals surface area contributed by atoms with Gasteiger partial charge in [-0.05, 0) is 18.2 Å². The van der Waals surface area contributed by atoms with Gasteiger partial charge in [-0.1, -0.05) is 0 Å². The molecule has 1 fully saturated rings. The average Bonchev–Trinajstić information content (AvgIpc) is 3.07. The molecule has 1 saturated heterocycles. The summed E-state index contributed by atoms with van der Waals surface area (Å²) in [5.74, 6) is -6.05. The molecule has 0 saturated carbocycles. The number of halogens is 3. The van der Waals surface area contributed by atoms with E-state index in [1.54, 1.807) is 0 Å². The molecule has 148 valence electrons. The predicted molar refractivity (Wildman–Crippen MR) is 85.6 cm³/mol. The Bertz CT molecular complexity index is 752. The third-order valence-corrected chi connectivity index (χ3v) is 4.21. The number of likely N-dealkylation sites (tertiary alicyclic amines) is 1. The molecule has 2 N–H and O–H groups in total. The maximum atomic E-state index is 13.0. The summed E-state index contributed by atoms with van der Waals surface area (Å²) in [7, 11) is 2.47. The van der Waals surface area contributed by atoms with Crippen LogP contribution in [0.15, 0.2) is 18.2 Å². The number of nitrogens with zero attached hydrogens (tertiary/aromatic N) is 1. The number of urea groups is 1. The fourth-order valence-corrected chi connectivity index (χ4v) is 2.79. The Labute approximate surface area is 151 Å². The molecule has 11 heteroatoms. The maximum absolute atomic E-state index is 13.0. The molecule has 2 rings (SSSR count). The lowest BCUT2D eigenvalue weighted by atomic mass is 9.96. The highest BCUT2D eigenvalue weighted by atomic mass is 19.4. The van der Waals surface area contributed by atoms with Gasteiger partial charge in [-0.25, -0.2) is 9.59 Å². The molecule has 1 heterocycles. The number of carboxylic acid groups (broad SMARTS) is 1. The van der Waals surface area contributed by atoms with E-state index in [1.807, 2.05) is 0 Å². The summed E-state index contributed by atoms with van der Waals surface area (Å²) in [6, 6.07) is 3.06. The van der Waals surface area contributed by atoms with Gasteiger partial charge in [0.2, 0.25) is 0 Å². The minimum absolute atomic E-state index is 0.0904. The fourth-order valence-electron chi connectivity index (χ4n) is 2.79. The van der Waals surface area contributed by atoms with E-state index in [-0.39, 0.29) is 17.0 Å². The second kappa shape index (κ2) is 7.72. The third-order valence-electron chi connectivity index (χ3n) is 4.21. The van der Waals surface area contributed by atoms with E-state index in [0.29, 0.717) is 0 Å². The Morgan fingerprint density at radius 2 is 1.89 bits per heavy atom. The minimum Gasteiger partial charge on any atom is -0.495 e. The summed E-state index contributed by atoms with van der Waals surface area (Å²) in [4.78, 5) is 35.7. The summed E-state index contributed by atoms with van der Waals surface area (Å²) < 4.78 is 48.7. The first-order valence-electron chi connectivity index (χ1n) is 7.70. The zero-order valence-corrected chi connectivity index (χ0v) is 14.4. The van der Waals surface area contributed by atoms with E-state index in [9.17, 15) is 27.6 Å². The van der Waals surface area contributed by atoms with E-state index in [2.05, 4.69) is 10.1 Å². The van der Waals surface area contributed by atoms with Gasteiger partial charge in [-0.3, -0.25) is 4.79 Å². The van der Waals surface area contributed by atoms with Crippen molar-refractivity contribution in [2.75, 3.05) is 32.6 Å². The first-order chi connectivity index (χ1) is 12.6. The van der Waals surface area contributed by atoms with Crippen LogP contribution in [0.2, 0.25) is 0 Å². The van der Waals surface area contributed by atoms with Crippen LogP contribution in [-0.2, 0) is 9.53 Å². The number of ether oxygens (including phenoxy) is 2. The number of anilines is 1. The number of nitrogens with one attached hydrogen (secondary N) is 1. The van der Waals surface area contributed by atoms with E-state index in [1.165, 1.54) is 32.4 Å². The number of methoxy groups -OCH3 is 2. The van der Waals surface area contributed by atoms with Crippen molar-refractivity contribution >= 4 is 23.7 Å². The SMILES string of the molecule is COC(=O)c1ccc(NC(=O)N2C[C@@H](C(F)(F)F)[C@H](C(=O)O)C2)c(OC)c1. The molecule has 0 aliphatic carbocycles. The lowest BCUT2D eigenvalue weighted by Crippen LogP contribution is -2.35. The van der Waals surface area contributed by atoms with E-state index < -0.39 is 49.1 Å². The van der Waals surface area contributed by atoms with Crippen molar-refractivity contribution in [3.63, 3.8) is 0 Å². The molecule has 0 unspecified atom stereocenters. The number of carbonyl (C=O) groups excluding carboxylic acids is 2. The monoisotopic (exact) mass is 390 g/mol. The Morgan fingerprint density at radius 3 is 2.37 bits per heavy atom. The Hall–Kier alpha value is -2.98. The van der Waals surface area contributed by atoms with Crippen molar-refractivity contribution in [2.45, 2.75) is 6.18 Å². The van der Waals surface area contributed by atoms with Gasteiger partial charge in [-0.2, -0.15) is 13.2 Å². The Balaban J connectivity index is 2.18. The summed E-state index contributed by atoms with van der Waals surface area (Å²) in [5, 5.41) is 11.4. The van der Waals surface area contributed by atoms with Crippen molar-refractivity contribution < 1.29 is 42.1 Å². The second-order valence-corrected chi connectivity index (χ2v) is 5.83. The summed E-state index contributed by atoms with van der Waals surface area (Å²) in [6.45, 7) is -1.34. The van der Waals surface area contributed by atoms with Gasteiger partial charge in [0.25, 0.3) is 0 Å². The standard InChI is InChI=1S/C16H17F3N2O6/c1-26-12-5-8(14(24)27-2)3-4-11(12)20-15(25)21-6-9(13(22)23)10(7-21)16(17,18)19/h3-5,9-10H,6-7H2,1-2H3,(H,20,25)(H,22,23)/t9-,10-/m1/s1. The van der Waals surface area contributed by atoms with Gasteiger partial charge in [-0.15, -0.1) is 0 Å². The molecular weight excluding hydrogens is 373 g/mol. The van der Waals surface area contributed by atoms with Crippen LogP contribution >= 0.6 is 0 Å². The molecule has 1 aliphatic heterocycles. The molecule has 0 bridgehead atoms.